The molecule has 4 nitrogen and oxygen atoms in total. The van der Waals surface area contributed by atoms with Crippen LogP contribution in [0.1, 0.15) is 19.3 Å². The summed E-state index contributed by atoms with van der Waals surface area (Å²) in [6, 6.07) is 0. The summed E-state index contributed by atoms with van der Waals surface area (Å²) in [7, 11) is 1.59. The van der Waals surface area contributed by atoms with Gasteiger partial charge in [0.2, 0.25) is 5.91 Å². The van der Waals surface area contributed by atoms with Gasteiger partial charge in [-0.3, -0.25) is 4.79 Å². The van der Waals surface area contributed by atoms with Crippen molar-refractivity contribution in [2.24, 2.45) is 17.3 Å². The second kappa shape index (κ2) is 5.52. The van der Waals surface area contributed by atoms with Crippen LogP contribution in [-0.2, 0) is 4.79 Å². The summed E-state index contributed by atoms with van der Waals surface area (Å²) in [6.45, 7) is 0.239. The highest BCUT2D eigenvalue weighted by atomic mass is 19.4. The molecular formula is C13H21F3N2O2. The molecule has 2 aliphatic rings. The highest BCUT2D eigenvalue weighted by Gasteiger charge is 2.51. The van der Waals surface area contributed by atoms with Crippen LogP contribution in [0.15, 0.2) is 0 Å². The second-order valence-corrected chi connectivity index (χ2v) is 6.21. The van der Waals surface area contributed by atoms with Crippen molar-refractivity contribution in [2.75, 3.05) is 33.3 Å². The van der Waals surface area contributed by atoms with Crippen molar-refractivity contribution in [1.82, 2.24) is 10.2 Å². The van der Waals surface area contributed by atoms with Gasteiger partial charge < -0.3 is 15.3 Å². The normalized spacial score (nSPS) is 30.1. The lowest BCUT2D eigenvalue weighted by atomic mass is 9.69. The summed E-state index contributed by atoms with van der Waals surface area (Å²) < 4.78 is 38.7. The number of rotatable bonds is 4. The molecule has 1 heterocycles. The number of aliphatic hydroxyl groups excluding tert-OH is 1. The number of carbonyl (C=O) groups excluding carboxylic acids is 1. The first-order valence-corrected chi connectivity index (χ1v) is 6.91. The molecule has 1 saturated heterocycles. The lowest BCUT2D eigenvalue weighted by Gasteiger charge is -2.40. The number of likely N-dealkylation sites (tertiary alicyclic amines) is 1. The van der Waals surface area contributed by atoms with Gasteiger partial charge in [0, 0.05) is 25.0 Å². The molecule has 0 aromatic carbocycles. The molecule has 1 amide bonds. The molecule has 0 spiro atoms. The van der Waals surface area contributed by atoms with Gasteiger partial charge in [-0.15, -0.1) is 0 Å². The minimum atomic E-state index is -4.35. The molecular weight excluding hydrogens is 273 g/mol. The van der Waals surface area contributed by atoms with Crippen molar-refractivity contribution in [1.29, 1.82) is 0 Å². The number of hydrogen-bond acceptors (Lipinski definition) is 3. The van der Waals surface area contributed by atoms with E-state index in [-0.39, 0.29) is 31.7 Å². The minimum absolute atomic E-state index is 0.0272. The predicted molar refractivity (Wildman–Crippen MR) is 66.9 cm³/mol. The molecule has 20 heavy (non-hydrogen) atoms. The van der Waals surface area contributed by atoms with Gasteiger partial charge in [-0.1, -0.05) is 6.42 Å². The first-order valence-electron chi connectivity index (χ1n) is 6.91. The van der Waals surface area contributed by atoms with Gasteiger partial charge in [-0.05, 0) is 19.9 Å². The Hall–Kier alpha value is -0.820. The van der Waals surface area contributed by atoms with E-state index < -0.39 is 23.9 Å². The number of hydrogen-bond donors (Lipinski definition) is 2. The number of carbonyl (C=O) groups is 1. The summed E-state index contributed by atoms with van der Waals surface area (Å²) in [6.07, 6.45) is -1.72. The SMILES string of the molecule is CN1C[C@@H](C(F)(F)F)[C@H](C(=O)NCC2(CO)CCC2)C1. The third-order valence-corrected chi connectivity index (χ3v) is 4.65. The van der Waals surface area contributed by atoms with E-state index in [2.05, 4.69) is 5.32 Å². The summed E-state index contributed by atoms with van der Waals surface area (Å²) in [5.41, 5.74) is -0.312. The van der Waals surface area contributed by atoms with Crippen LogP contribution in [0.4, 0.5) is 13.2 Å². The Bertz CT molecular complexity index is 364. The molecule has 116 valence electrons. The Labute approximate surface area is 116 Å². The van der Waals surface area contributed by atoms with Gasteiger partial charge in [0.25, 0.3) is 0 Å². The van der Waals surface area contributed by atoms with Crippen molar-refractivity contribution in [3.8, 4) is 0 Å². The fourth-order valence-corrected chi connectivity index (χ4v) is 3.07. The molecule has 7 heteroatoms. The average Bonchev–Trinajstić information content (AvgIpc) is 2.70. The highest BCUT2D eigenvalue weighted by Crippen LogP contribution is 2.40. The van der Waals surface area contributed by atoms with Gasteiger partial charge in [-0.25, -0.2) is 0 Å². The Balaban J connectivity index is 1.94. The van der Waals surface area contributed by atoms with Crippen molar-refractivity contribution in [3.05, 3.63) is 0 Å². The number of nitrogens with zero attached hydrogens (tertiary/aromatic N) is 1. The van der Waals surface area contributed by atoms with Gasteiger partial charge in [0.05, 0.1) is 18.4 Å². The molecule has 2 fully saturated rings. The molecule has 2 N–H and O–H groups in total. The summed E-state index contributed by atoms with van der Waals surface area (Å²) in [5.74, 6) is -3.19. The van der Waals surface area contributed by atoms with E-state index in [1.165, 1.54) is 4.90 Å². The molecule has 0 bridgehead atoms. The molecule has 0 radical (unpaired) electrons. The lowest BCUT2D eigenvalue weighted by molar-refractivity contribution is -0.183. The Morgan fingerprint density at radius 2 is 2.05 bits per heavy atom. The van der Waals surface area contributed by atoms with E-state index >= 15 is 0 Å². The van der Waals surface area contributed by atoms with Crippen molar-refractivity contribution in [2.45, 2.75) is 25.4 Å². The van der Waals surface area contributed by atoms with Crippen LogP contribution in [0.5, 0.6) is 0 Å². The Morgan fingerprint density at radius 3 is 2.50 bits per heavy atom. The smallest absolute Gasteiger partial charge is 0.393 e. The average molecular weight is 294 g/mol. The third-order valence-electron chi connectivity index (χ3n) is 4.65. The number of alkyl halides is 3. The molecule has 1 aliphatic heterocycles. The largest absolute Gasteiger partial charge is 0.396 e. The molecule has 1 aliphatic carbocycles. The number of halogens is 3. The monoisotopic (exact) mass is 294 g/mol. The summed E-state index contributed by atoms with van der Waals surface area (Å²) in [5, 5.41) is 11.9. The first kappa shape index (κ1) is 15.6. The zero-order valence-electron chi connectivity index (χ0n) is 11.5. The van der Waals surface area contributed by atoms with Crippen molar-refractivity contribution < 1.29 is 23.1 Å². The van der Waals surface area contributed by atoms with E-state index in [0.717, 1.165) is 19.3 Å². The Kier molecular flexibility index (Phi) is 4.30. The van der Waals surface area contributed by atoms with Crippen molar-refractivity contribution >= 4 is 5.91 Å². The van der Waals surface area contributed by atoms with Crippen LogP contribution in [0.2, 0.25) is 0 Å². The second-order valence-electron chi connectivity index (χ2n) is 6.21. The van der Waals surface area contributed by atoms with E-state index in [0.29, 0.717) is 0 Å². The van der Waals surface area contributed by atoms with Crippen LogP contribution in [0, 0.1) is 17.3 Å². The van der Waals surface area contributed by atoms with E-state index in [9.17, 15) is 23.1 Å². The van der Waals surface area contributed by atoms with E-state index in [1.54, 1.807) is 7.05 Å². The van der Waals surface area contributed by atoms with Gasteiger partial charge in [0.1, 0.15) is 0 Å². The maximum atomic E-state index is 12.9. The Morgan fingerprint density at radius 1 is 1.40 bits per heavy atom. The summed E-state index contributed by atoms with van der Waals surface area (Å²) >= 11 is 0. The fraction of sp³-hybridized carbons (Fsp3) is 0.923. The van der Waals surface area contributed by atoms with Crippen LogP contribution < -0.4 is 5.32 Å². The van der Waals surface area contributed by atoms with Crippen molar-refractivity contribution in [3.63, 3.8) is 0 Å². The van der Waals surface area contributed by atoms with Gasteiger partial charge in [0.15, 0.2) is 0 Å². The number of nitrogens with one attached hydrogen (secondary N) is 1. The van der Waals surface area contributed by atoms with Crippen LogP contribution in [0.25, 0.3) is 0 Å². The number of aliphatic hydroxyl groups is 1. The molecule has 0 unspecified atom stereocenters. The third kappa shape index (κ3) is 3.09. The van der Waals surface area contributed by atoms with Gasteiger partial charge >= 0.3 is 6.18 Å². The zero-order valence-corrected chi connectivity index (χ0v) is 11.5. The standard InChI is InChI=1S/C13H21F3N2O2/c1-18-5-9(10(6-18)13(14,15)16)11(20)17-7-12(8-19)3-2-4-12/h9-10,19H,2-8H2,1H3,(H,17,20)/t9-,10-/m1/s1. The van der Waals surface area contributed by atoms with Gasteiger partial charge in [-0.2, -0.15) is 13.2 Å². The molecule has 1 saturated carbocycles. The topological polar surface area (TPSA) is 52.6 Å². The van der Waals surface area contributed by atoms with E-state index in [1.807, 2.05) is 0 Å². The molecule has 0 aromatic heterocycles. The molecule has 0 aromatic rings. The first-order chi connectivity index (χ1) is 9.27. The summed E-state index contributed by atoms with van der Waals surface area (Å²) in [4.78, 5) is 13.6. The molecule has 2 atom stereocenters. The fourth-order valence-electron chi connectivity index (χ4n) is 3.07. The predicted octanol–water partition coefficient (Wildman–Crippen LogP) is 1.01. The zero-order chi connectivity index (χ0) is 15.0. The minimum Gasteiger partial charge on any atom is -0.396 e. The van der Waals surface area contributed by atoms with E-state index in [4.69, 9.17) is 0 Å². The van der Waals surface area contributed by atoms with Crippen LogP contribution >= 0.6 is 0 Å². The number of amides is 1. The quantitative estimate of drug-likeness (QED) is 0.813. The van der Waals surface area contributed by atoms with Crippen LogP contribution in [-0.4, -0.2) is 55.4 Å². The molecule has 2 rings (SSSR count). The maximum Gasteiger partial charge on any atom is 0.393 e. The lowest BCUT2D eigenvalue weighted by Crippen LogP contribution is -2.48. The maximum absolute atomic E-state index is 12.9. The van der Waals surface area contributed by atoms with Crippen LogP contribution in [0.3, 0.4) is 0 Å². The highest BCUT2D eigenvalue weighted by molar-refractivity contribution is 5.79.